The zero-order valence-electron chi connectivity index (χ0n) is 22.8. The van der Waals surface area contributed by atoms with Crippen molar-refractivity contribution in [2.45, 2.75) is 46.4 Å². The minimum absolute atomic E-state index is 0.0932. The van der Waals surface area contributed by atoms with Gasteiger partial charge in [0, 0.05) is 44.8 Å². The third-order valence-corrected chi connectivity index (χ3v) is 6.52. The Labute approximate surface area is 223 Å². The van der Waals surface area contributed by atoms with Crippen molar-refractivity contribution in [3.05, 3.63) is 77.2 Å². The number of benzene rings is 2. The zero-order chi connectivity index (χ0) is 27.4. The number of fused-ring (bicyclic) bond motifs is 1. The molecular formula is C29H35N7O2. The Morgan fingerprint density at radius 3 is 2.26 bits per heavy atom. The first-order valence-corrected chi connectivity index (χ1v) is 12.5. The van der Waals surface area contributed by atoms with Gasteiger partial charge < -0.3 is 26.0 Å². The molecule has 0 saturated carbocycles. The molecule has 2 heterocycles. The van der Waals surface area contributed by atoms with E-state index in [0.29, 0.717) is 30.5 Å². The summed E-state index contributed by atoms with van der Waals surface area (Å²) in [5.41, 5.74) is 9.72. The van der Waals surface area contributed by atoms with E-state index >= 15 is 0 Å². The summed E-state index contributed by atoms with van der Waals surface area (Å²) in [5.74, 6) is 2.54. The Kier molecular flexibility index (Phi) is 7.66. The number of ether oxygens (including phenoxy) is 1. The normalized spacial score (nSPS) is 11.3. The van der Waals surface area contributed by atoms with Crippen LogP contribution in [0.3, 0.4) is 0 Å². The van der Waals surface area contributed by atoms with Gasteiger partial charge in [-0.1, -0.05) is 12.1 Å². The Balaban J connectivity index is 1.38. The molecule has 0 spiro atoms. The fraction of sp³-hybridized carbons (Fsp3) is 0.310. The number of likely N-dealkylation sites (N-methyl/N-ethyl adjacent to an activating group) is 1. The van der Waals surface area contributed by atoms with Crippen LogP contribution in [-0.2, 0) is 17.9 Å². The fourth-order valence-corrected chi connectivity index (χ4v) is 4.48. The quantitative estimate of drug-likeness (QED) is 0.295. The molecule has 4 aromatic rings. The van der Waals surface area contributed by atoms with Gasteiger partial charge in [-0.15, -0.1) is 0 Å². The SMILES string of the molecule is Cc1cc2c(N)nccc2c(C)c1CNc1cc(NCc2ccc(OC(C)(C)C(=O)N(C)C)cc2)ncn1. The molecule has 0 aliphatic heterocycles. The van der Waals surface area contributed by atoms with Gasteiger partial charge >= 0.3 is 0 Å². The van der Waals surface area contributed by atoms with Crippen molar-refractivity contribution < 1.29 is 9.53 Å². The van der Waals surface area contributed by atoms with Crippen LogP contribution in [0.2, 0.25) is 0 Å². The predicted octanol–water partition coefficient (Wildman–Crippen LogP) is 4.69. The molecule has 198 valence electrons. The molecule has 9 heteroatoms. The maximum absolute atomic E-state index is 12.3. The van der Waals surface area contributed by atoms with Crippen LogP contribution in [0.25, 0.3) is 10.8 Å². The third kappa shape index (κ3) is 5.94. The summed E-state index contributed by atoms with van der Waals surface area (Å²) in [4.78, 5) is 26.8. The number of anilines is 3. The Morgan fingerprint density at radius 1 is 0.947 bits per heavy atom. The highest BCUT2D eigenvalue weighted by atomic mass is 16.5. The predicted molar refractivity (Wildman–Crippen MR) is 152 cm³/mol. The molecule has 0 fully saturated rings. The number of nitrogens with two attached hydrogens (primary N) is 1. The minimum Gasteiger partial charge on any atom is -0.478 e. The molecule has 38 heavy (non-hydrogen) atoms. The smallest absolute Gasteiger partial charge is 0.265 e. The maximum atomic E-state index is 12.3. The summed E-state index contributed by atoms with van der Waals surface area (Å²) in [5, 5.41) is 8.84. The molecule has 0 aliphatic carbocycles. The number of aryl methyl sites for hydroxylation is 2. The van der Waals surface area contributed by atoms with E-state index in [4.69, 9.17) is 10.5 Å². The number of nitrogens with zero attached hydrogens (tertiary/aromatic N) is 4. The van der Waals surface area contributed by atoms with Crippen molar-refractivity contribution in [1.82, 2.24) is 19.9 Å². The second kappa shape index (κ2) is 10.9. The summed E-state index contributed by atoms with van der Waals surface area (Å²) in [6.07, 6.45) is 3.28. The van der Waals surface area contributed by atoms with Gasteiger partial charge in [0.2, 0.25) is 0 Å². The topological polar surface area (TPSA) is 118 Å². The molecule has 0 aliphatic rings. The van der Waals surface area contributed by atoms with Gasteiger partial charge in [-0.2, -0.15) is 0 Å². The molecule has 0 saturated heterocycles. The molecule has 4 N–H and O–H groups in total. The summed E-state index contributed by atoms with van der Waals surface area (Å²) >= 11 is 0. The van der Waals surface area contributed by atoms with Crippen molar-refractivity contribution in [3.63, 3.8) is 0 Å². The largest absolute Gasteiger partial charge is 0.478 e. The van der Waals surface area contributed by atoms with Gasteiger partial charge in [0.1, 0.15) is 29.5 Å². The lowest BCUT2D eigenvalue weighted by atomic mass is 9.96. The number of rotatable bonds is 9. The first-order valence-electron chi connectivity index (χ1n) is 12.5. The van der Waals surface area contributed by atoms with E-state index in [9.17, 15) is 4.79 Å². The average molecular weight is 514 g/mol. The summed E-state index contributed by atoms with van der Waals surface area (Å²) < 4.78 is 5.92. The van der Waals surface area contributed by atoms with Crippen molar-refractivity contribution in [2.75, 3.05) is 30.5 Å². The minimum atomic E-state index is -0.942. The molecule has 2 aromatic heterocycles. The number of pyridine rings is 1. The molecule has 0 unspecified atom stereocenters. The van der Waals surface area contributed by atoms with E-state index in [1.165, 1.54) is 22.4 Å². The lowest BCUT2D eigenvalue weighted by Crippen LogP contribution is -2.45. The van der Waals surface area contributed by atoms with Crippen LogP contribution in [0.1, 0.15) is 36.1 Å². The van der Waals surface area contributed by atoms with Gasteiger partial charge in [-0.25, -0.2) is 15.0 Å². The molecule has 0 bridgehead atoms. The molecule has 9 nitrogen and oxygen atoms in total. The van der Waals surface area contributed by atoms with Crippen molar-refractivity contribution in [3.8, 4) is 5.75 Å². The number of nitrogen functional groups attached to an aromatic ring is 1. The van der Waals surface area contributed by atoms with Crippen LogP contribution >= 0.6 is 0 Å². The molecule has 0 atom stereocenters. The highest BCUT2D eigenvalue weighted by molar-refractivity contribution is 5.94. The number of aromatic nitrogens is 3. The van der Waals surface area contributed by atoms with Crippen LogP contribution in [-0.4, -0.2) is 45.5 Å². The van der Waals surface area contributed by atoms with Crippen LogP contribution in [0, 0.1) is 13.8 Å². The van der Waals surface area contributed by atoms with E-state index in [1.807, 2.05) is 36.4 Å². The third-order valence-electron chi connectivity index (χ3n) is 6.52. The van der Waals surface area contributed by atoms with E-state index in [0.717, 1.165) is 27.7 Å². The fourth-order valence-electron chi connectivity index (χ4n) is 4.48. The molecular weight excluding hydrogens is 478 g/mol. The highest BCUT2D eigenvalue weighted by Crippen LogP contribution is 2.28. The Morgan fingerprint density at radius 2 is 1.61 bits per heavy atom. The van der Waals surface area contributed by atoms with E-state index in [1.54, 1.807) is 34.1 Å². The van der Waals surface area contributed by atoms with E-state index in [-0.39, 0.29) is 5.91 Å². The number of hydrogen-bond donors (Lipinski definition) is 3. The van der Waals surface area contributed by atoms with Crippen LogP contribution in [0.5, 0.6) is 5.75 Å². The monoisotopic (exact) mass is 513 g/mol. The second-order valence-corrected chi connectivity index (χ2v) is 10.0. The maximum Gasteiger partial charge on any atom is 0.265 e. The summed E-state index contributed by atoms with van der Waals surface area (Å²) in [7, 11) is 3.44. The summed E-state index contributed by atoms with van der Waals surface area (Å²) in [6.45, 7) is 8.93. The number of carbonyl (C=O) groups is 1. The van der Waals surface area contributed by atoms with Gasteiger partial charge in [0.25, 0.3) is 5.91 Å². The molecule has 1 amide bonds. The number of nitrogens with one attached hydrogen (secondary N) is 2. The van der Waals surface area contributed by atoms with Crippen molar-refractivity contribution >= 4 is 34.1 Å². The van der Waals surface area contributed by atoms with E-state index in [2.05, 4.69) is 45.5 Å². The zero-order valence-corrected chi connectivity index (χ0v) is 22.8. The highest BCUT2D eigenvalue weighted by Gasteiger charge is 2.31. The van der Waals surface area contributed by atoms with Crippen LogP contribution in [0.4, 0.5) is 17.5 Å². The molecule has 2 aromatic carbocycles. The standard InChI is InChI=1S/C29H35N7O2/c1-18-13-23-22(11-12-31-27(23)30)19(2)24(18)16-33-26-14-25(34-17-35-26)32-15-20-7-9-21(10-8-20)38-29(3,4)28(37)36(5)6/h7-14,17H,15-16H2,1-6H3,(H2,30,31)(H2,32,33,34,35). The Bertz CT molecular complexity index is 1450. The first kappa shape index (κ1) is 26.7. The van der Waals surface area contributed by atoms with Crippen molar-refractivity contribution in [2.24, 2.45) is 0 Å². The number of amides is 1. The number of carbonyl (C=O) groups excluding carboxylic acids is 1. The molecule has 4 rings (SSSR count). The lowest BCUT2D eigenvalue weighted by Gasteiger charge is -2.28. The van der Waals surface area contributed by atoms with Gasteiger partial charge in [0.15, 0.2) is 5.60 Å². The second-order valence-electron chi connectivity index (χ2n) is 10.0. The van der Waals surface area contributed by atoms with Crippen LogP contribution < -0.4 is 21.1 Å². The van der Waals surface area contributed by atoms with Crippen molar-refractivity contribution in [1.29, 1.82) is 0 Å². The number of hydrogen-bond acceptors (Lipinski definition) is 8. The van der Waals surface area contributed by atoms with Gasteiger partial charge in [0.05, 0.1) is 0 Å². The first-order chi connectivity index (χ1) is 18.0. The van der Waals surface area contributed by atoms with Gasteiger partial charge in [-0.3, -0.25) is 4.79 Å². The molecule has 0 radical (unpaired) electrons. The van der Waals surface area contributed by atoms with Gasteiger partial charge in [-0.05, 0) is 79.6 Å². The lowest BCUT2D eigenvalue weighted by molar-refractivity contribution is -0.142. The van der Waals surface area contributed by atoms with Crippen LogP contribution in [0.15, 0.2) is 55.0 Å². The van der Waals surface area contributed by atoms with E-state index < -0.39 is 5.60 Å². The summed E-state index contributed by atoms with van der Waals surface area (Å²) in [6, 6.07) is 13.6. The average Bonchev–Trinajstić information content (AvgIpc) is 2.88. The Hall–Kier alpha value is -4.40.